The van der Waals surface area contributed by atoms with E-state index in [4.69, 9.17) is 14.2 Å². The summed E-state index contributed by atoms with van der Waals surface area (Å²) in [5.41, 5.74) is 0.444. The second-order valence-electron chi connectivity index (χ2n) is 5.99. The highest BCUT2D eigenvalue weighted by atomic mass is 32.2. The first-order valence-corrected chi connectivity index (χ1v) is 10.1. The summed E-state index contributed by atoms with van der Waals surface area (Å²) in [6.07, 6.45) is 2.68. The molecule has 8 nitrogen and oxygen atoms in total. The van der Waals surface area contributed by atoms with Gasteiger partial charge in [-0.25, -0.2) is 12.7 Å². The molecule has 1 heterocycles. The molecule has 1 N–H and O–H groups in total. The van der Waals surface area contributed by atoms with E-state index in [2.05, 4.69) is 5.32 Å². The zero-order chi connectivity index (χ0) is 19.2. The van der Waals surface area contributed by atoms with Crippen LogP contribution in [0.15, 0.2) is 12.1 Å². The number of hydrogen-bond acceptors (Lipinski definition) is 6. The van der Waals surface area contributed by atoms with Crippen LogP contribution < -0.4 is 19.5 Å². The molecule has 1 fully saturated rings. The molecule has 1 amide bonds. The molecule has 1 saturated heterocycles. The van der Waals surface area contributed by atoms with Crippen molar-refractivity contribution in [2.45, 2.75) is 25.7 Å². The van der Waals surface area contributed by atoms with Crippen molar-refractivity contribution in [2.24, 2.45) is 0 Å². The summed E-state index contributed by atoms with van der Waals surface area (Å²) in [7, 11) is 1.05. The lowest BCUT2D eigenvalue weighted by molar-refractivity contribution is -0.115. The monoisotopic (exact) mass is 386 g/mol. The van der Waals surface area contributed by atoms with Gasteiger partial charge in [-0.1, -0.05) is 6.42 Å². The number of hydrogen-bond donors (Lipinski definition) is 1. The molecule has 9 heteroatoms. The van der Waals surface area contributed by atoms with E-state index < -0.39 is 10.0 Å². The van der Waals surface area contributed by atoms with Gasteiger partial charge in [0.25, 0.3) is 0 Å². The van der Waals surface area contributed by atoms with Gasteiger partial charge in [-0.05, 0) is 12.8 Å². The van der Waals surface area contributed by atoms with Gasteiger partial charge < -0.3 is 19.5 Å². The highest BCUT2D eigenvalue weighted by molar-refractivity contribution is 7.89. The summed E-state index contributed by atoms with van der Waals surface area (Å²) in [6, 6.07) is 3.19. The first-order valence-electron chi connectivity index (χ1n) is 8.49. The maximum Gasteiger partial charge on any atom is 0.225 e. The lowest BCUT2D eigenvalue weighted by Gasteiger charge is -2.25. The van der Waals surface area contributed by atoms with Gasteiger partial charge in [0, 0.05) is 37.3 Å². The number of sulfonamides is 1. The standard InChI is InChI=1S/C17H26N2O6S/c1-23-14-11-13(12-15(24-2)17(14)25-3)18-16(20)7-10-26(21,22)19-8-5-4-6-9-19/h11-12H,4-10H2,1-3H3,(H,18,20). The van der Waals surface area contributed by atoms with Gasteiger partial charge in [0.05, 0.1) is 27.1 Å². The van der Waals surface area contributed by atoms with E-state index in [0.717, 1.165) is 19.3 Å². The van der Waals surface area contributed by atoms with Crippen molar-refractivity contribution in [1.29, 1.82) is 0 Å². The summed E-state index contributed by atoms with van der Waals surface area (Å²) < 4.78 is 41.8. The van der Waals surface area contributed by atoms with Crippen LogP contribution in [-0.2, 0) is 14.8 Å². The number of carbonyl (C=O) groups is 1. The van der Waals surface area contributed by atoms with E-state index in [1.165, 1.54) is 25.6 Å². The van der Waals surface area contributed by atoms with Crippen LogP contribution in [0.2, 0.25) is 0 Å². The Morgan fingerprint density at radius 1 is 1.04 bits per heavy atom. The fraction of sp³-hybridized carbons (Fsp3) is 0.588. The van der Waals surface area contributed by atoms with Crippen LogP contribution in [-0.4, -0.2) is 58.8 Å². The van der Waals surface area contributed by atoms with E-state index in [1.54, 1.807) is 12.1 Å². The predicted octanol–water partition coefficient (Wildman–Crippen LogP) is 1.86. The van der Waals surface area contributed by atoms with Crippen LogP contribution in [0.3, 0.4) is 0 Å². The highest BCUT2D eigenvalue weighted by Crippen LogP contribution is 2.39. The number of ether oxygens (including phenoxy) is 3. The largest absolute Gasteiger partial charge is 0.493 e. The average Bonchev–Trinajstić information content (AvgIpc) is 2.66. The van der Waals surface area contributed by atoms with Gasteiger partial charge >= 0.3 is 0 Å². The molecule has 0 aliphatic carbocycles. The van der Waals surface area contributed by atoms with Crippen molar-refractivity contribution in [3.8, 4) is 17.2 Å². The number of anilines is 1. The van der Waals surface area contributed by atoms with Crippen LogP contribution in [0.1, 0.15) is 25.7 Å². The summed E-state index contributed by atoms with van der Waals surface area (Å²) in [5, 5.41) is 2.68. The van der Waals surface area contributed by atoms with Crippen molar-refractivity contribution in [1.82, 2.24) is 4.31 Å². The topological polar surface area (TPSA) is 94.2 Å². The van der Waals surface area contributed by atoms with Gasteiger partial charge in [0.15, 0.2) is 11.5 Å². The SMILES string of the molecule is COc1cc(NC(=O)CCS(=O)(=O)N2CCCCC2)cc(OC)c1OC. The Bertz CT molecular complexity index is 704. The van der Waals surface area contributed by atoms with E-state index >= 15 is 0 Å². The highest BCUT2D eigenvalue weighted by Gasteiger charge is 2.24. The summed E-state index contributed by atoms with van der Waals surface area (Å²) in [6.45, 7) is 1.08. The number of carbonyl (C=O) groups excluding carboxylic acids is 1. The summed E-state index contributed by atoms with van der Waals surface area (Å²) in [4.78, 5) is 12.2. The molecule has 0 atom stereocenters. The van der Waals surface area contributed by atoms with Crippen LogP contribution in [0, 0.1) is 0 Å². The maximum absolute atomic E-state index is 12.3. The van der Waals surface area contributed by atoms with Crippen LogP contribution in [0.25, 0.3) is 0 Å². The number of rotatable bonds is 8. The van der Waals surface area contributed by atoms with Gasteiger partial charge in [-0.2, -0.15) is 0 Å². The number of methoxy groups -OCH3 is 3. The Kier molecular flexibility index (Phi) is 7.10. The predicted molar refractivity (Wildman–Crippen MR) is 98.6 cm³/mol. The van der Waals surface area contributed by atoms with Gasteiger partial charge in [-0.15, -0.1) is 0 Å². The fourth-order valence-electron chi connectivity index (χ4n) is 2.87. The molecule has 0 aromatic heterocycles. The zero-order valence-electron chi connectivity index (χ0n) is 15.4. The lowest BCUT2D eigenvalue weighted by Crippen LogP contribution is -2.37. The molecule has 2 rings (SSSR count). The Balaban J connectivity index is 2.01. The number of nitrogens with one attached hydrogen (secondary N) is 1. The van der Waals surface area contributed by atoms with E-state index in [-0.39, 0.29) is 18.1 Å². The molecular formula is C17H26N2O6S. The molecule has 146 valence electrons. The number of piperidine rings is 1. The van der Waals surface area contributed by atoms with Crippen molar-refractivity contribution >= 4 is 21.6 Å². The number of nitrogens with zero attached hydrogens (tertiary/aromatic N) is 1. The first-order chi connectivity index (χ1) is 12.4. The Morgan fingerprint density at radius 3 is 2.12 bits per heavy atom. The molecule has 1 aromatic carbocycles. The van der Waals surface area contributed by atoms with Gasteiger partial charge in [-0.3, -0.25) is 4.79 Å². The first kappa shape index (κ1) is 20.3. The molecule has 1 aromatic rings. The average molecular weight is 386 g/mol. The molecule has 0 radical (unpaired) electrons. The Labute approximate surface area is 154 Å². The third-order valence-corrected chi connectivity index (χ3v) is 6.12. The van der Waals surface area contributed by atoms with Crippen molar-refractivity contribution < 1.29 is 27.4 Å². The lowest BCUT2D eigenvalue weighted by atomic mass is 10.2. The summed E-state index contributed by atoms with van der Waals surface area (Å²) >= 11 is 0. The van der Waals surface area contributed by atoms with E-state index in [0.29, 0.717) is 36.0 Å². The minimum Gasteiger partial charge on any atom is -0.493 e. The molecule has 0 spiro atoms. The summed E-state index contributed by atoms with van der Waals surface area (Å²) in [5.74, 6) is 0.634. The van der Waals surface area contributed by atoms with Crippen LogP contribution in [0.5, 0.6) is 17.2 Å². The van der Waals surface area contributed by atoms with Crippen molar-refractivity contribution in [2.75, 3.05) is 45.5 Å². The number of amides is 1. The molecule has 0 saturated carbocycles. The van der Waals surface area contributed by atoms with Crippen molar-refractivity contribution in [3.05, 3.63) is 12.1 Å². The molecule has 1 aliphatic rings. The number of benzene rings is 1. The third-order valence-electron chi connectivity index (χ3n) is 4.24. The second kappa shape index (κ2) is 9.09. The fourth-order valence-corrected chi connectivity index (χ4v) is 4.39. The molecule has 26 heavy (non-hydrogen) atoms. The molecular weight excluding hydrogens is 360 g/mol. The Morgan fingerprint density at radius 2 is 1.62 bits per heavy atom. The maximum atomic E-state index is 12.3. The third kappa shape index (κ3) is 5.01. The van der Waals surface area contributed by atoms with Gasteiger partial charge in [0.2, 0.25) is 21.7 Å². The van der Waals surface area contributed by atoms with E-state index in [9.17, 15) is 13.2 Å². The van der Waals surface area contributed by atoms with Crippen LogP contribution >= 0.6 is 0 Å². The normalized spacial score (nSPS) is 15.3. The smallest absolute Gasteiger partial charge is 0.225 e. The van der Waals surface area contributed by atoms with Gasteiger partial charge in [0.1, 0.15) is 0 Å². The van der Waals surface area contributed by atoms with E-state index in [1.807, 2.05) is 0 Å². The molecule has 1 aliphatic heterocycles. The Hall–Kier alpha value is -2.00. The molecule has 0 bridgehead atoms. The second-order valence-corrected chi connectivity index (χ2v) is 8.08. The van der Waals surface area contributed by atoms with Crippen molar-refractivity contribution in [3.63, 3.8) is 0 Å². The minimum atomic E-state index is -3.40. The zero-order valence-corrected chi connectivity index (χ0v) is 16.2. The quantitative estimate of drug-likeness (QED) is 0.733. The minimum absolute atomic E-state index is 0.116. The molecule has 0 unspecified atom stereocenters. The van der Waals surface area contributed by atoms with Crippen LogP contribution in [0.4, 0.5) is 5.69 Å².